The van der Waals surface area contributed by atoms with Gasteiger partial charge in [0.05, 0.1) is 0 Å². The van der Waals surface area contributed by atoms with Crippen LogP contribution in [0.25, 0.3) is 6.08 Å². The van der Waals surface area contributed by atoms with Gasteiger partial charge in [-0.05, 0) is 0 Å². The monoisotopic (exact) mass is 404 g/mol. The molecule has 0 radical (unpaired) electrons. The summed E-state index contributed by atoms with van der Waals surface area (Å²) in [6.45, 7) is 13.0. The van der Waals surface area contributed by atoms with E-state index in [9.17, 15) is 0 Å². The first-order valence-electron chi connectivity index (χ1n) is 7.19. The van der Waals surface area contributed by atoms with E-state index in [4.69, 9.17) is 0 Å². The van der Waals surface area contributed by atoms with Crippen LogP contribution in [0.4, 0.5) is 0 Å². The van der Waals surface area contributed by atoms with E-state index in [0.717, 1.165) is 0 Å². The average Bonchev–Trinajstić information content (AvgIpc) is 2.65. The summed E-state index contributed by atoms with van der Waals surface area (Å²) in [5.74, 6) is 0. The van der Waals surface area contributed by atoms with Crippen molar-refractivity contribution in [2.75, 3.05) is 0 Å². The number of allylic oxidation sites excluding steroid dienone is 1. The summed E-state index contributed by atoms with van der Waals surface area (Å²) in [6, 6.07) is 10.3. The van der Waals surface area contributed by atoms with Gasteiger partial charge >= 0.3 is 19.5 Å². The fraction of sp³-hybridized carbons (Fsp3) is 0.300. The zero-order chi connectivity index (χ0) is 15.1. The van der Waals surface area contributed by atoms with Crippen LogP contribution in [0.1, 0.15) is 40.3 Å². The van der Waals surface area contributed by atoms with Crippen molar-refractivity contribution in [3.63, 3.8) is 0 Å². The van der Waals surface area contributed by atoms with Gasteiger partial charge in [0.25, 0.3) is 0 Å². The molecule has 0 atom stereocenters. The number of rotatable bonds is 2. The van der Waals surface area contributed by atoms with Crippen molar-refractivity contribution in [3.05, 3.63) is 76.2 Å². The minimum atomic E-state index is 0. The SMILES string of the molecule is C[CH-]/C=C/c1ccccc1.Cc1c(C)c(C)[c-](C)c1C.[Cl-].[Rh+3]. The van der Waals surface area contributed by atoms with Crippen LogP contribution in [-0.4, -0.2) is 0 Å². The second kappa shape index (κ2) is 11.6. The van der Waals surface area contributed by atoms with Crippen LogP contribution in [0.5, 0.6) is 0 Å². The maximum absolute atomic E-state index is 2.20. The van der Waals surface area contributed by atoms with Crippen LogP contribution in [0.15, 0.2) is 36.4 Å². The van der Waals surface area contributed by atoms with Crippen LogP contribution in [0.3, 0.4) is 0 Å². The van der Waals surface area contributed by atoms with Crippen LogP contribution in [0.2, 0.25) is 0 Å². The molecule has 0 saturated heterocycles. The summed E-state index contributed by atoms with van der Waals surface area (Å²) in [5.41, 5.74) is 8.59. The second-order valence-corrected chi connectivity index (χ2v) is 5.23. The first-order chi connectivity index (χ1) is 9.49. The molecule has 0 nitrogen and oxygen atoms in total. The molecular formula is C20H26ClRh. The van der Waals surface area contributed by atoms with E-state index in [-0.39, 0.29) is 31.9 Å². The van der Waals surface area contributed by atoms with Gasteiger partial charge in [0.2, 0.25) is 0 Å². The van der Waals surface area contributed by atoms with Gasteiger partial charge in [0, 0.05) is 0 Å². The third kappa shape index (κ3) is 6.47. The zero-order valence-corrected chi connectivity index (χ0v) is 16.7. The number of hydrogen-bond donors (Lipinski definition) is 0. The third-order valence-electron chi connectivity index (χ3n) is 4.09. The normalized spacial score (nSPS) is 9.36. The van der Waals surface area contributed by atoms with Crippen molar-refractivity contribution in [1.29, 1.82) is 0 Å². The summed E-state index contributed by atoms with van der Waals surface area (Å²) in [6.07, 6.45) is 6.14. The van der Waals surface area contributed by atoms with E-state index in [0.29, 0.717) is 0 Å². The molecule has 0 aliphatic rings. The molecule has 0 aromatic heterocycles. The molecule has 0 bridgehead atoms. The Kier molecular flexibility index (Phi) is 12.4. The smallest absolute Gasteiger partial charge is 1.00 e. The molecule has 0 saturated carbocycles. The fourth-order valence-corrected chi connectivity index (χ4v) is 2.18. The molecule has 0 aliphatic heterocycles. The van der Waals surface area contributed by atoms with Gasteiger partial charge < -0.3 is 12.4 Å². The van der Waals surface area contributed by atoms with Gasteiger partial charge in [0.15, 0.2) is 0 Å². The maximum Gasteiger partial charge on any atom is 3.00 e. The van der Waals surface area contributed by atoms with E-state index < -0.39 is 0 Å². The Labute approximate surface area is 155 Å². The van der Waals surface area contributed by atoms with Crippen LogP contribution >= 0.6 is 0 Å². The topological polar surface area (TPSA) is 0 Å². The third-order valence-corrected chi connectivity index (χ3v) is 4.09. The summed E-state index contributed by atoms with van der Waals surface area (Å²) >= 11 is 0. The van der Waals surface area contributed by atoms with Gasteiger partial charge in [0.1, 0.15) is 0 Å². The van der Waals surface area contributed by atoms with E-state index in [1.807, 2.05) is 37.6 Å². The Hall–Kier alpha value is -0.907. The van der Waals surface area contributed by atoms with Crippen molar-refractivity contribution in [2.45, 2.75) is 41.5 Å². The van der Waals surface area contributed by atoms with Gasteiger partial charge in [-0.15, -0.1) is 12.5 Å². The largest absolute Gasteiger partial charge is 3.00 e. The Morgan fingerprint density at radius 2 is 1.36 bits per heavy atom. The molecule has 0 unspecified atom stereocenters. The van der Waals surface area contributed by atoms with E-state index in [1.54, 1.807) is 0 Å². The Morgan fingerprint density at radius 1 is 0.909 bits per heavy atom. The molecule has 0 amide bonds. The predicted molar refractivity (Wildman–Crippen MR) is 91.2 cm³/mol. The Bertz CT molecular complexity index is 485. The second-order valence-electron chi connectivity index (χ2n) is 5.23. The molecule has 0 spiro atoms. The molecule has 2 aromatic carbocycles. The number of halogens is 1. The Balaban J connectivity index is 0. The first-order valence-corrected chi connectivity index (χ1v) is 7.19. The van der Waals surface area contributed by atoms with E-state index >= 15 is 0 Å². The van der Waals surface area contributed by atoms with Gasteiger partial charge in [-0.25, -0.2) is 18.6 Å². The summed E-state index contributed by atoms with van der Waals surface area (Å²) in [5, 5.41) is 0. The zero-order valence-electron chi connectivity index (χ0n) is 14.3. The fourth-order valence-electron chi connectivity index (χ4n) is 2.18. The van der Waals surface area contributed by atoms with Gasteiger partial charge in [-0.1, -0.05) is 65.0 Å². The molecule has 0 heterocycles. The molecule has 2 aromatic rings. The van der Waals surface area contributed by atoms with E-state index in [2.05, 4.69) is 52.8 Å². The first kappa shape index (κ1) is 23.4. The number of hydrogen-bond acceptors (Lipinski definition) is 0. The van der Waals surface area contributed by atoms with Crippen LogP contribution < -0.4 is 12.4 Å². The molecule has 2 rings (SSSR count). The molecule has 0 aliphatic carbocycles. The maximum atomic E-state index is 2.20. The molecule has 0 fully saturated rings. The van der Waals surface area contributed by atoms with Crippen molar-refractivity contribution in [3.8, 4) is 0 Å². The minimum absolute atomic E-state index is 0. The minimum Gasteiger partial charge on any atom is -1.00 e. The standard InChI is InChI=1S/C10H15.C10H11.ClH.Rh/c1-6-7(2)9(4)10(5)8(6)3;1-2-3-7-10-8-5-4-6-9-10;;/h1-5H3;2-9H,1H3;1H;/q2*-1;;+3/p-1/b;7-3+;;. The summed E-state index contributed by atoms with van der Waals surface area (Å²) in [7, 11) is 0. The van der Waals surface area contributed by atoms with E-state index in [1.165, 1.54) is 33.4 Å². The van der Waals surface area contributed by atoms with Gasteiger partial charge in [-0.3, -0.25) is 0 Å². The van der Waals surface area contributed by atoms with Crippen LogP contribution in [0, 0.1) is 41.0 Å². The quantitative estimate of drug-likeness (QED) is 0.533. The molecule has 22 heavy (non-hydrogen) atoms. The van der Waals surface area contributed by atoms with Crippen molar-refractivity contribution in [2.24, 2.45) is 0 Å². The molecule has 2 heteroatoms. The molecule has 122 valence electrons. The average molecular weight is 405 g/mol. The Morgan fingerprint density at radius 3 is 1.68 bits per heavy atom. The number of benzene rings is 1. The van der Waals surface area contributed by atoms with Crippen molar-refractivity contribution >= 4 is 6.08 Å². The molecule has 0 N–H and O–H groups in total. The van der Waals surface area contributed by atoms with Crippen molar-refractivity contribution in [1.82, 2.24) is 0 Å². The molecular weight excluding hydrogens is 379 g/mol. The van der Waals surface area contributed by atoms with Crippen molar-refractivity contribution < 1.29 is 31.9 Å². The van der Waals surface area contributed by atoms with Gasteiger partial charge in [-0.2, -0.15) is 27.8 Å². The summed E-state index contributed by atoms with van der Waals surface area (Å²) < 4.78 is 0. The van der Waals surface area contributed by atoms with Crippen LogP contribution in [-0.2, 0) is 19.5 Å². The summed E-state index contributed by atoms with van der Waals surface area (Å²) in [4.78, 5) is 0. The predicted octanol–water partition coefficient (Wildman–Crippen LogP) is 2.87.